The molecule has 0 bridgehead atoms. The second-order valence-corrected chi connectivity index (χ2v) is 7.98. The minimum absolute atomic E-state index is 0.0581. The van der Waals surface area contributed by atoms with Gasteiger partial charge in [-0.3, -0.25) is 9.69 Å². The van der Waals surface area contributed by atoms with E-state index in [1.54, 1.807) is 0 Å². The van der Waals surface area contributed by atoms with Crippen molar-refractivity contribution in [2.75, 3.05) is 33.4 Å². The number of likely N-dealkylation sites (tertiary alicyclic amines) is 1. The molecule has 2 aliphatic rings. The van der Waals surface area contributed by atoms with Crippen molar-refractivity contribution in [1.29, 1.82) is 0 Å². The van der Waals surface area contributed by atoms with Crippen LogP contribution in [0.3, 0.4) is 0 Å². The van der Waals surface area contributed by atoms with Crippen LogP contribution in [0.5, 0.6) is 11.5 Å². The van der Waals surface area contributed by atoms with Gasteiger partial charge in [0.05, 0.1) is 25.8 Å². The van der Waals surface area contributed by atoms with Crippen LogP contribution in [0.2, 0.25) is 0 Å². The fourth-order valence-electron chi connectivity index (χ4n) is 4.24. The van der Waals surface area contributed by atoms with Gasteiger partial charge < -0.3 is 14.4 Å². The first-order valence-electron chi connectivity index (χ1n) is 10.6. The molecule has 0 aromatic heterocycles. The monoisotopic (exact) mass is 394 g/mol. The van der Waals surface area contributed by atoms with Crippen molar-refractivity contribution >= 4 is 5.91 Å². The molecule has 2 heterocycles. The van der Waals surface area contributed by atoms with Crippen LogP contribution in [-0.4, -0.2) is 49.1 Å². The normalized spacial score (nSPS) is 20.1. The van der Waals surface area contributed by atoms with Crippen molar-refractivity contribution in [3.05, 3.63) is 59.7 Å². The summed E-state index contributed by atoms with van der Waals surface area (Å²) in [7, 11) is 1.90. The summed E-state index contributed by atoms with van der Waals surface area (Å²) in [6, 6.07) is 16.7. The Labute approximate surface area is 173 Å². The molecule has 0 unspecified atom stereocenters. The van der Waals surface area contributed by atoms with E-state index >= 15 is 0 Å². The molecule has 0 radical (unpaired) electrons. The lowest BCUT2D eigenvalue weighted by Crippen LogP contribution is -2.39. The Bertz CT molecular complexity index is 839. The minimum Gasteiger partial charge on any atom is -0.490 e. The number of likely N-dealkylation sites (N-methyl/N-ethyl adjacent to an activating group) is 1. The van der Waals surface area contributed by atoms with Gasteiger partial charge in [-0.1, -0.05) is 36.4 Å². The van der Waals surface area contributed by atoms with Gasteiger partial charge in [0.1, 0.15) is 0 Å². The third-order valence-corrected chi connectivity index (χ3v) is 6.11. The van der Waals surface area contributed by atoms with E-state index in [4.69, 9.17) is 9.47 Å². The molecule has 0 aliphatic carbocycles. The van der Waals surface area contributed by atoms with E-state index in [0.717, 1.165) is 42.9 Å². The van der Waals surface area contributed by atoms with Crippen LogP contribution < -0.4 is 9.47 Å². The summed E-state index contributed by atoms with van der Waals surface area (Å²) in [6.07, 6.45) is 3.06. The van der Waals surface area contributed by atoms with Crippen LogP contribution in [-0.2, 0) is 4.79 Å². The smallest absolute Gasteiger partial charge is 0.237 e. The Morgan fingerprint density at radius 2 is 1.86 bits per heavy atom. The maximum atomic E-state index is 13.0. The average molecular weight is 395 g/mol. The van der Waals surface area contributed by atoms with Crippen LogP contribution in [0.1, 0.15) is 49.4 Å². The summed E-state index contributed by atoms with van der Waals surface area (Å²) in [5.41, 5.74) is 2.36. The largest absolute Gasteiger partial charge is 0.490 e. The maximum absolute atomic E-state index is 13.0. The van der Waals surface area contributed by atoms with Gasteiger partial charge in [0.2, 0.25) is 5.91 Å². The van der Waals surface area contributed by atoms with Crippen molar-refractivity contribution in [3.63, 3.8) is 0 Å². The van der Waals surface area contributed by atoms with Gasteiger partial charge in [0.15, 0.2) is 11.5 Å². The van der Waals surface area contributed by atoms with E-state index in [1.165, 1.54) is 5.56 Å². The number of benzene rings is 2. The summed E-state index contributed by atoms with van der Waals surface area (Å²) < 4.78 is 11.6. The zero-order valence-electron chi connectivity index (χ0n) is 17.3. The van der Waals surface area contributed by atoms with Crippen molar-refractivity contribution in [1.82, 2.24) is 9.80 Å². The molecule has 1 fully saturated rings. The Balaban J connectivity index is 1.45. The van der Waals surface area contributed by atoms with Crippen LogP contribution in [0.15, 0.2) is 48.5 Å². The molecule has 0 saturated carbocycles. The lowest BCUT2D eigenvalue weighted by molar-refractivity contribution is -0.133. The summed E-state index contributed by atoms with van der Waals surface area (Å²) in [6.45, 7) is 4.84. The average Bonchev–Trinajstić information content (AvgIpc) is 3.08. The molecule has 5 nitrogen and oxygen atoms in total. The Hall–Kier alpha value is -2.53. The number of hydrogen-bond donors (Lipinski definition) is 0. The molecule has 1 saturated heterocycles. The van der Waals surface area contributed by atoms with Crippen molar-refractivity contribution in [2.45, 2.75) is 38.3 Å². The number of nitrogens with zero attached hydrogens (tertiary/aromatic N) is 2. The molecule has 0 spiro atoms. The first-order valence-corrected chi connectivity index (χ1v) is 10.6. The maximum Gasteiger partial charge on any atom is 0.237 e. The standard InChI is InChI=1S/C24H30N2O3/c1-18(19-8-4-3-5-9-19)25(2)24(27)17-26-13-6-10-21(26)20-11-12-22-23(16-20)29-15-7-14-28-22/h3-5,8-9,11-12,16,18,21H,6-7,10,13-15,17H2,1-2H3/t18-,21-/m0/s1. The quantitative estimate of drug-likeness (QED) is 0.762. The van der Waals surface area contributed by atoms with Crippen LogP contribution in [0.4, 0.5) is 0 Å². The van der Waals surface area contributed by atoms with E-state index in [-0.39, 0.29) is 18.0 Å². The third-order valence-electron chi connectivity index (χ3n) is 6.11. The predicted molar refractivity (Wildman–Crippen MR) is 113 cm³/mol. The fraction of sp³-hybridized carbons (Fsp3) is 0.458. The summed E-state index contributed by atoms with van der Waals surface area (Å²) in [4.78, 5) is 17.2. The number of fused-ring (bicyclic) bond motifs is 1. The van der Waals surface area contributed by atoms with E-state index in [1.807, 2.05) is 36.2 Å². The van der Waals surface area contributed by atoms with E-state index in [2.05, 4.69) is 36.1 Å². The lowest BCUT2D eigenvalue weighted by Gasteiger charge is -2.30. The number of carbonyl (C=O) groups excluding carboxylic acids is 1. The number of rotatable bonds is 5. The molecule has 2 atom stereocenters. The molecular weight excluding hydrogens is 364 g/mol. The summed E-state index contributed by atoms with van der Waals surface area (Å²) in [5, 5.41) is 0. The molecule has 0 N–H and O–H groups in total. The minimum atomic E-state index is 0.0581. The first-order chi connectivity index (χ1) is 14.1. The van der Waals surface area contributed by atoms with Gasteiger partial charge in [0.25, 0.3) is 0 Å². The topological polar surface area (TPSA) is 42.0 Å². The number of amides is 1. The number of carbonyl (C=O) groups is 1. The Morgan fingerprint density at radius 1 is 1.10 bits per heavy atom. The molecule has 2 aliphatic heterocycles. The first kappa shape index (κ1) is 19.8. The van der Waals surface area contributed by atoms with Gasteiger partial charge in [-0.25, -0.2) is 0 Å². The molecule has 2 aromatic carbocycles. The van der Waals surface area contributed by atoms with E-state index in [0.29, 0.717) is 19.8 Å². The van der Waals surface area contributed by atoms with Crippen LogP contribution in [0.25, 0.3) is 0 Å². The third kappa shape index (κ3) is 4.40. The zero-order valence-corrected chi connectivity index (χ0v) is 17.3. The molecular formula is C24H30N2O3. The number of ether oxygens (including phenoxy) is 2. The van der Waals surface area contributed by atoms with Crippen LogP contribution >= 0.6 is 0 Å². The van der Waals surface area contributed by atoms with Gasteiger partial charge >= 0.3 is 0 Å². The number of hydrogen-bond acceptors (Lipinski definition) is 4. The van der Waals surface area contributed by atoms with Crippen molar-refractivity contribution in [2.24, 2.45) is 0 Å². The van der Waals surface area contributed by atoms with E-state index in [9.17, 15) is 4.79 Å². The zero-order chi connectivity index (χ0) is 20.2. The van der Waals surface area contributed by atoms with E-state index < -0.39 is 0 Å². The van der Waals surface area contributed by atoms with Crippen molar-refractivity contribution in [3.8, 4) is 11.5 Å². The summed E-state index contributed by atoms with van der Waals surface area (Å²) >= 11 is 0. The highest BCUT2D eigenvalue weighted by Crippen LogP contribution is 2.38. The fourth-order valence-corrected chi connectivity index (χ4v) is 4.24. The molecule has 2 aromatic rings. The SMILES string of the molecule is C[C@@H](c1ccccc1)N(C)C(=O)CN1CCC[C@H]1c1ccc2c(c1)OCCCO2. The lowest BCUT2D eigenvalue weighted by atomic mass is 10.0. The van der Waals surface area contributed by atoms with Crippen LogP contribution in [0, 0.1) is 0 Å². The van der Waals surface area contributed by atoms with Gasteiger partial charge in [-0.2, -0.15) is 0 Å². The second-order valence-electron chi connectivity index (χ2n) is 7.98. The highest BCUT2D eigenvalue weighted by Gasteiger charge is 2.30. The second kappa shape index (κ2) is 8.87. The Morgan fingerprint density at radius 3 is 2.66 bits per heavy atom. The Kier molecular flexibility index (Phi) is 6.05. The summed E-state index contributed by atoms with van der Waals surface area (Å²) in [5.74, 6) is 1.80. The van der Waals surface area contributed by atoms with Gasteiger partial charge in [0, 0.05) is 19.5 Å². The highest BCUT2D eigenvalue weighted by molar-refractivity contribution is 5.78. The van der Waals surface area contributed by atoms with Gasteiger partial charge in [-0.05, 0) is 49.6 Å². The molecule has 4 rings (SSSR count). The highest BCUT2D eigenvalue weighted by atomic mass is 16.5. The molecule has 29 heavy (non-hydrogen) atoms. The molecule has 5 heteroatoms. The molecule has 1 amide bonds. The molecule has 154 valence electrons. The van der Waals surface area contributed by atoms with Crippen molar-refractivity contribution < 1.29 is 14.3 Å². The van der Waals surface area contributed by atoms with Gasteiger partial charge in [-0.15, -0.1) is 0 Å². The predicted octanol–water partition coefficient (Wildman–Crippen LogP) is 4.20.